The van der Waals surface area contributed by atoms with Crippen molar-refractivity contribution in [2.45, 2.75) is 46.2 Å². The second-order valence-corrected chi connectivity index (χ2v) is 9.01. The fraction of sp³-hybridized carbons (Fsp3) is 0.296. The maximum absolute atomic E-state index is 12.8. The first-order valence-electron chi connectivity index (χ1n) is 11.8. The molecule has 8 nitrogen and oxygen atoms in total. The molecule has 0 aliphatic rings. The Morgan fingerprint density at radius 1 is 0.943 bits per heavy atom. The van der Waals surface area contributed by atoms with E-state index in [0.29, 0.717) is 18.7 Å². The number of amides is 1. The van der Waals surface area contributed by atoms with Crippen LogP contribution >= 0.6 is 0 Å². The lowest BCUT2D eigenvalue weighted by atomic mass is 9.98. The highest BCUT2D eigenvalue weighted by molar-refractivity contribution is 5.88. The summed E-state index contributed by atoms with van der Waals surface area (Å²) in [5, 5.41) is 26.0. The highest BCUT2D eigenvalue weighted by Crippen LogP contribution is 2.28. The number of hydrogen-bond donors (Lipinski definition) is 2. The quantitative estimate of drug-likeness (QED) is 0.358. The smallest absolute Gasteiger partial charge is 0.326 e. The molecule has 0 bridgehead atoms. The molecule has 35 heavy (non-hydrogen) atoms. The van der Waals surface area contributed by atoms with Gasteiger partial charge in [0, 0.05) is 18.5 Å². The number of aromatic amines is 1. The van der Waals surface area contributed by atoms with E-state index in [2.05, 4.69) is 38.8 Å². The van der Waals surface area contributed by atoms with Crippen molar-refractivity contribution in [3.05, 3.63) is 66.2 Å². The molecule has 1 amide bonds. The van der Waals surface area contributed by atoms with Gasteiger partial charge in [-0.25, -0.2) is 4.79 Å². The summed E-state index contributed by atoms with van der Waals surface area (Å²) in [4.78, 5) is 26.3. The summed E-state index contributed by atoms with van der Waals surface area (Å²) in [5.74, 6) is -0.743. The van der Waals surface area contributed by atoms with Crippen LogP contribution in [-0.2, 0) is 16.1 Å². The Balaban J connectivity index is 1.59. The zero-order chi connectivity index (χ0) is 24.9. The number of carboxylic acids is 1. The summed E-state index contributed by atoms with van der Waals surface area (Å²) < 4.78 is 0. The Bertz CT molecular complexity index is 1320. The van der Waals surface area contributed by atoms with Crippen molar-refractivity contribution >= 4 is 22.6 Å². The number of benzene rings is 3. The van der Waals surface area contributed by atoms with E-state index in [1.807, 2.05) is 63.2 Å². The standard InChI is InChI=1S/C27H29N5O3/c1-4-5-24(33)32(25(17(2)3)27(34)35)16-18-6-7-23-15-22(13-12-21(23)14-18)19-8-10-20(11-9-19)26-28-30-31-29-26/h6-15,17,25H,4-5,16H2,1-3H3,(H,34,35)(H,28,29,30,31). The molecule has 0 spiro atoms. The molecular formula is C27H29N5O3. The lowest BCUT2D eigenvalue weighted by Gasteiger charge is -2.31. The minimum absolute atomic E-state index is 0.131. The maximum atomic E-state index is 12.8. The van der Waals surface area contributed by atoms with Gasteiger partial charge in [-0.2, -0.15) is 5.21 Å². The molecule has 3 aromatic carbocycles. The van der Waals surface area contributed by atoms with Gasteiger partial charge in [0.15, 0.2) is 0 Å². The molecule has 8 heteroatoms. The summed E-state index contributed by atoms with van der Waals surface area (Å²) in [5.41, 5.74) is 3.94. The molecule has 0 fully saturated rings. The summed E-state index contributed by atoms with van der Waals surface area (Å²) >= 11 is 0. The number of tetrazole rings is 1. The van der Waals surface area contributed by atoms with Crippen LogP contribution in [0.5, 0.6) is 0 Å². The Labute approximate surface area is 204 Å². The van der Waals surface area contributed by atoms with Gasteiger partial charge in [-0.3, -0.25) is 4.79 Å². The van der Waals surface area contributed by atoms with Crippen LogP contribution in [0.4, 0.5) is 0 Å². The fourth-order valence-corrected chi connectivity index (χ4v) is 4.34. The van der Waals surface area contributed by atoms with Crippen molar-refractivity contribution in [1.29, 1.82) is 0 Å². The number of carbonyl (C=O) groups is 2. The predicted octanol–water partition coefficient (Wildman–Crippen LogP) is 4.92. The van der Waals surface area contributed by atoms with Crippen molar-refractivity contribution in [2.75, 3.05) is 0 Å². The first-order chi connectivity index (χ1) is 16.9. The summed E-state index contributed by atoms with van der Waals surface area (Å²) in [6.45, 7) is 5.86. The molecule has 0 saturated heterocycles. The summed E-state index contributed by atoms with van der Waals surface area (Å²) in [7, 11) is 0. The zero-order valence-electron chi connectivity index (χ0n) is 20.1. The molecule has 1 heterocycles. The van der Waals surface area contributed by atoms with E-state index in [4.69, 9.17) is 0 Å². The van der Waals surface area contributed by atoms with Gasteiger partial charge >= 0.3 is 5.97 Å². The van der Waals surface area contributed by atoms with Crippen molar-refractivity contribution in [3.8, 4) is 22.5 Å². The molecule has 0 saturated carbocycles. The molecule has 4 rings (SSSR count). The second-order valence-electron chi connectivity index (χ2n) is 9.01. The van der Waals surface area contributed by atoms with Crippen LogP contribution in [0.3, 0.4) is 0 Å². The van der Waals surface area contributed by atoms with E-state index in [1.54, 1.807) is 0 Å². The number of carbonyl (C=O) groups excluding carboxylic acids is 1. The number of hydrogen-bond acceptors (Lipinski definition) is 5. The van der Waals surface area contributed by atoms with Gasteiger partial charge in [0.1, 0.15) is 6.04 Å². The number of nitrogens with zero attached hydrogens (tertiary/aromatic N) is 4. The van der Waals surface area contributed by atoms with Gasteiger partial charge < -0.3 is 10.0 Å². The molecule has 0 aliphatic carbocycles. The van der Waals surface area contributed by atoms with E-state index in [9.17, 15) is 14.7 Å². The van der Waals surface area contributed by atoms with Crippen molar-refractivity contribution in [1.82, 2.24) is 25.5 Å². The Hall–Kier alpha value is -4.07. The van der Waals surface area contributed by atoms with Gasteiger partial charge in [0.25, 0.3) is 0 Å². The lowest BCUT2D eigenvalue weighted by molar-refractivity contribution is -0.153. The van der Waals surface area contributed by atoms with Crippen molar-refractivity contribution < 1.29 is 14.7 Å². The Morgan fingerprint density at radius 2 is 1.60 bits per heavy atom. The van der Waals surface area contributed by atoms with E-state index >= 15 is 0 Å². The van der Waals surface area contributed by atoms with E-state index in [-0.39, 0.29) is 18.4 Å². The Morgan fingerprint density at radius 3 is 2.23 bits per heavy atom. The van der Waals surface area contributed by atoms with Gasteiger partial charge in [0.2, 0.25) is 11.7 Å². The van der Waals surface area contributed by atoms with E-state index in [0.717, 1.165) is 33.0 Å². The highest BCUT2D eigenvalue weighted by Gasteiger charge is 2.31. The number of carboxylic acid groups (broad SMARTS) is 1. The topological polar surface area (TPSA) is 112 Å². The molecule has 4 aromatic rings. The largest absolute Gasteiger partial charge is 0.480 e. The number of fused-ring (bicyclic) bond motifs is 1. The molecular weight excluding hydrogens is 442 g/mol. The van der Waals surface area contributed by atoms with E-state index < -0.39 is 12.0 Å². The van der Waals surface area contributed by atoms with Crippen molar-refractivity contribution in [3.63, 3.8) is 0 Å². The SMILES string of the molecule is CCCC(=O)N(Cc1ccc2cc(-c3ccc(-c4nn[nH]n4)cc3)ccc2c1)C(C(=O)O)C(C)C. The minimum Gasteiger partial charge on any atom is -0.480 e. The first kappa shape index (κ1) is 24.1. The molecule has 1 aromatic heterocycles. The Kier molecular flexibility index (Phi) is 7.19. The van der Waals surface area contributed by atoms with Crippen LogP contribution in [0, 0.1) is 5.92 Å². The van der Waals surface area contributed by atoms with Crippen LogP contribution in [0.1, 0.15) is 39.2 Å². The number of aliphatic carboxylic acids is 1. The minimum atomic E-state index is -0.972. The van der Waals surface area contributed by atoms with Gasteiger partial charge in [-0.1, -0.05) is 69.3 Å². The van der Waals surface area contributed by atoms with Crippen LogP contribution < -0.4 is 0 Å². The number of rotatable bonds is 9. The monoisotopic (exact) mass is 471 g/mol. The normalized spacial score (nSPS) is 12.1. The van der Waals surface area contributed by atoms with Crippen LogP contribution in [0.15, 0.2) is 60.7 Å². The number of nitrogens with one attached hydrogen (secondary N) is 1. The molecule has 1 atom stereocenters. The lowest BCUT2D eigenvalue weighted by Crippen LogP contribution is -2.47. The average molecular weight is 472 g/mol. The maximum Gasteiger partial charge on any atom is 0.326 e. The third kappa shape index (κ3) is 5.37. The highest BCUT2D eigenvalue weighted by atomic mass is 16.4. The molecule has 1 unspecified atom stereocenters. The van der Waals surface area contributed by atoms with Gasteiger partial charge in [0.05, 0.1) is 0 Å². The third-order valence-corrected chi connectivity index (χ3v) is 6.08. The van der Waals surface area contributed by atoms with Gasteiger partial charge in [-0.05, 0) is 57.1 Å². The molecule has 2 N–H and O–H groups in total. The number of H-pyrrole nitrogens is 1. The molecule has 0 aliphatic heterocycles. The summed E-state index contributed by atoms with van der Waals surface area (Å²) in [6, 6.07) is 19.4. The second kappa shape index (κ2) is 10.5. The predicted molar refractivity (Wildman–Crippen MR) is 134 cm³/mol. The fourth-order valence-electron chi connectivity index (χ4n) is 4.34. The van der Waals surface area contributed by atoms with Crippen LogP contribution in [0.2, 0.25) is 0 Å². The molecule has 0 radical (unpaired) electrons. The van der Waals surface area contributed by atoms with Crippen LogP contribution in [0.25, 0.3) is 33.3 Å². The van der Waals surface area contributed by atoms with Gasteiger partial charge in [-0.15, -0.1) is 10.2 Å². The van der Waals surface area contributed by atoms with Crippen molar-refractivity contribution in [2.24, 2.45) is 5.92 Å². The van der Waals surface area contributed by atoms with Crippen LogP contribution in [-0.4, -0.2) is 48.5 Å². The first-order valence-corrected chi connectivity index (χ1v) is 11.8. The van der Waals surface area contributed by atoms with E-state index in [1.165, 1.54) is 4.90 Å². The molecule has 180 valence electrons. The average Bonchev–Trinajstić information content (AvgIpc) is 3.38. The zero-order valence-corrected chi connectivity index (χ0v) is 20.1. The summed E-state index contributed by atoms with van der Waals surface area (Å²) in [6.07, 6.45) is 1.01. The number of aromatic nitrogens is 4. The third-order valence-electron chi connectivity index (χ3n) is 6.08.